The largest absolute Gasteiger partial charge is 0.343 e. The van der Waals surface area contributed by atoms with E-state index in [1.165, 1.54) is 6.33 Å². The monoisotopic (exact) mass is 367 g/mol. The van der Waals surface area contributed by atoms with Crippen LogP contribution >= 0.6 is 15.9 Å². The Morgan fingerprint density at radius 3 is 2.96 bits per heavy atom. The van der Waals surface area contributed by atoms with E-state index in [-0.39, 0.29) is 5.91 Å². The molecule has 0 aliphatic heterocycles. The summed E-state index contributed by atoms with van der Waals surface area (Å²) in [4.78, 5) is 28.1. The Hall–Kier alpha value is -2.80. The van der Waals surface area contributed by atoms with Crippen LogP contribution in [0.2, 0.25) is 0 Å². The first-order valence-electron chi connectivity index (χ1n) is 6.85. The molecule has 4 aromatic rings. The number of benzene rings is 2. The van der Waals surface area contributed by atoms with Gasteiger partial charge in [-0.25, -0.2) is 15.0 Å². The Morgan fingerprint density at radius 2 is 2.09 bits per heavy atom. The Labute approximate surface area is 139 Å². The Kier molecular flexibility index (Phi) is 3.27. The number of hydrogen-bond donors (Lipinski definition) is 2. The number of amides is 1. The van der Waals surface area contributed by atoms with Gasteiger partial charge in [0.25, 0.3) is 5.91 Å². The zero-order valence-electron chi connectivity index (χ0n) is 11.7. The van der Waals surface area contributed by atoms with Crippen LogP contribution in [0.4, 0.5) is 5.69 Å². The van der Waals surface area contributed by atoms with Gasteiger partial charge in [0.05, 0.1) is 23.0 Å². The summed E-state index contributed by atoms with van der Waals surface area (Å²) in [5.41, 5.74) is 3.39. The van der Waals surface area contributed by atoms with E-state index in [1.807, 2.05) is 18.2 Å². The minimum atomic E-state index is -0.202. The molecule has 0 unspecified atom stereocenters. The molecule has 23 heavy (non-hydrogen) atoms. The molecule has 0 aliphatic rings. The molecule has 7 heteroatoms. The number of aromatic amines is 1. The average molecular weight is 368 g/mol. The number of anilines is 1. The smallest absolute Gasteiger partial charge is 0.255 e. The van der Waals surface area contributed by atoms with E-state index in [4.69, 9.17) is 0 Å². The maximum absolute atomic E-state index is 12.5. The standard InChI is InChI=1S/C16H10BrN5O/c17-11-3-1-2-9(4-11)16(23)22-12-5-10-6-18-7-19-13(10)15-14(12)20-8-21-15/h1-8H,(H,20,21)(H,22,23). The molecule has 0 radical (unpaired) electrons. The van der Waals surface area contributed by atoms with Crippen molar-refractivity contribution in [2.24, 2.45) is 0 Å². The molecule has 2 aromatic carbocycles. The summed E-state index contributed by atoms with van der Waals surface area (Å²) in [7, 11) is 0. The first-order valence-corrected chi connectivity index (χ1v) is 7.64. The summed E-state index contributed by atoms with van der Waals surface area (Å²) in [6.45, 7) is 0. The molecular weight excluding hydrogens is 358 g/mol. The zero-order valence-corrected chi connectivity index (χ0v) is 13.3. The summed E-state index contributed by atoms with van der Waals surface area (Å²) in [5.74, 6) is -0.202. The van der Waals surface area contributed by atoms with Crippen molar-refractivity contribution in [2.75, 3.05) is 5.32 Å². The Balaban J connectivity index is 1.81. The van der Waals surface area contributed by atoms with Crippen molar-refractivity contribution in [3.05, 3.63) is 59.2 Å². The number of nitrogens with one attached hydrogen (secondary N) is 2. The van der Waals surface area contributed by atoms with Crippen LogP contribution in [0.15, 0.2) is 53.7 Å². The number of carbonyl (C=O) groups is 1. The maximum atomic E-state index is 12.5. The molecule has 4 rings (SSSR count). The third kappa shape index (κ3) is 2.44. The highest BCUT2D eigenvalue weighted by Crippen LogP contribution is 2.28. The predicted octanol–water partition coefficient (Wildman–Crippen LogP) is 3.52. The first kappa shape index (κ1) is 13.8. The molecule has 0 spiro atoms. The van der Waals surface area contributed by atoms with E-state index in [2.05, 4.69) is 41.2 Å². The van der Waals surface area contributed by atoms with Gasteiger partial charge in [-0.2, -0.15) is 0 Å². The molecule has 0 bridgehead atoms. The number of hydrogen-bond acceptors (Lipinski definition) is 4. The lowest BCUT2D eigenvalue weighted by Gasteiger charge is -2.08. The second kappa shape index (κ2) is 5.44. The average Bonchev–Trinajstić information content (AvgIpc) is 3.05. The fraction of sp³-hybridized carbons (Fsp3) is 0. The number of carbonyl (C=O) groups excluding carboxylic acids is 1. The number of fused-ring (bicyclic) bond motifs is 3. The maximum Gasteiger partial charge on any atom is 0.255 e. The van der Waals surface area contributed by atoms with Gasteiger partial charge < -0.3 is 10.3 Å². The van der Waals surface area contributed by atoms with Crippen molar-refractivity contribution >= 4 is 49.5 Å². The molecule has 2 heterocycles. The van der Waals surface area contributed by atoms with Gasteiger partial charge >= 0.3 is 0 Å². The summed E-state index contributed by atoms with van der Waals surface area (Å²) in [6, 6.07) is 9.04. The highest BCUT2D eigenvalue weighted by Gasteiger charge is 2.13. The molecule has 0 saturated carbocycles. The van der Waals surface area contributed by atoms with Crippen molar-refractivity contribution in [3.63, 3.8) is 0 Å². The van der Waals surface area contributed by atoms with Gasteiger partial charge in [-0.15, -0.1) is 0 Å². The minimum absolute atomic E-state index is 0.202. The van der Waals surface area contributed by atoms with Crippen LogP contribution in [0.1, 0.15) is 10.4 Å². The van der Waals surface area contributed by atoms with E-state index in [1.54, 1.807) is 24.7 Å². The molecule has 1 amide bonds. The normalized spacial score (nSPS) is 11.0. The quantitative estimate of drug-likeness (QED) is 0.567. The van der Waals surface area contributed by atoms with Crippen LogP contribution in [0.3, 0.4) is 0 Å². The fourth-order valence-electron chi connectivity index (χ4n) is 2.48. The van der Waals surface area contributed by atoms with Crippen molar-refractivity contribution in [1.29, 1.82) is 0 Å². The molecular formula is C16H10BrN5O. The van der Waals surface area contributed by atoms with Gasteiger partial charge in [0.15, 0.2) is 0 Å². The topological polar surface area (TPSA) is 83.6 Å². The van der Waals surface area contributed by atoms with Crippen LogP contribution in [-0.4, -0.2) is 25.8 Å². The predicted molar refractivity (Wildman–Crippen MR) is 91.3 cm³/mol. The summed E-state index contributed by atoms with van der Waals surface area (Å²) >= 11 is 3.37. The van der Waals surface area contributed by atoms with E-state index in [0.29, 0.717) is 16.8 Å². The van der Waals surface area contributed by atoms with Crippen LogP contribution in [0, 0.1) is 0 Å². The van der Waals surface area contributed by atoms with Gasteiger partial charge in [-0.1, -0.05) is 22.0 Å². The number of H-pyrrole nitrogens is 1. The van der Waals surface area contributed by atoms with Gasteiger partial charge in [0, 0.05) is 21.6 Å². The van der Waals surface area contributed by atoms with Gasteiger partial charge in [-0.3, -0.25) is 4.79 Å². The van der Waals surface area contributed by atoms with Crippen LogP contribution < -0.4 is 5.32 Å². The van der Waals surface area contributed by atoms with E-state index in [9.17, 15) is 4.79 Å². The third-order valence-electron chi connectivity index (χ3n) is 3.51. The van der Waals surface area contributed by atoms with Crippen molar-refractivity contribution in [2.45, 2.75) is 0 Å². The number of imidazole rings is 1. The zero-order chi connectivity index (χ0) is 15.8. The number of aromatic nitrogens is 4. The second-order valence-corrected chi connectivity index (χ2v) is 5.89. The van der Waals surface area contributed by atoms with Crippen LogP contribution in [-0.2, 0) is 0 Å². The molecule has 0 atom stereocenters. The molecule has 0 fully saturated rings. The summed E-state index contributed by atoms with van der Waals surface area (Å²) < 4.78 is 0.849. The highest BCUT2D eigenvalue weighted by atomic mass is 79.9. The Morgan fingerprint density at radius 1 is 1.17 bits per heavy atom. The van der Waals surface area contributed by atoms with Crippen LogP contribution in [0.5, 0.6) is 0 Å². The molecule has 2 aromatic heterocycles. The number of halogens is 1. The van der Waals surface area contributed by atoms with E-state index in [0.717, 1.165) is 20.9 Å². The highest BCUT2D eigenvalue weighted by molar-refractivity contribution is 9.10. The lowest BCUT2D eigenvalue weighted by atomic mass is 10.1. The molecule has 0 aliphatic carbocycles. The number of rotatable bonds is 2. The molecule has 2 N–H and O–H groups in total. The second-order valence-electron chi connectivity index (χ2n) is 4.98. The van der Waals surface area contributed by atoms with Crippen molar-refractivity contribution in [1.82, 2.24) is 19.9 Å². The SMILES string of the molecule is O=C(Nc1cc2cncnc2c2[nH]cnc12)c1cccc(Br)c1. The van der Waals surface area contributed by atoms with Gasteiger partial charge in [0.1, 0.15) is 11.8 Å². The lowest BCUT2D eigenvalue weighted by molar-refractivity contribution is 0.102. The lowest BCUT2D eigenvalue weighted by Crippen LogP contribution is -2.12. The van der Waals surface area contributed by atoms with E-state index >= 15 is 0 Å². The van der Waals surface area contributed by atoms with E-state index < -0.39 is 0 Å². The van der Waals surface area contributed by atoms with Gasteiger partial charge in [-0.05, 0) is 24.3 Å². The fourth-order valence-corrected chi connectivity index (χ4v) is 2.88. The summed E-state index contributed by atoms with van der Waals surface area (Å²) in [6.07, 6.45) is 4.78. The first-order chi connectivity index (χ1) is 11.2. The summed E-state index contributed by atoms with van der Waals surface area (Å²) in [5, 5.41) is 3.74. The van der Waals surface area contributed by atoms with Gasteiger partial charge in [0.2, 0.25) is 0 Å². The van der Waals surface area contributed by atoms with Crippen molar-refractivity contribution < 1.29 is 4.79 Å². The van der Waals surface area contributed by atoms with Crippen molar-refractivity contribution in [3.8, 4) is 0 Å². The third-order valence-corrected chi connectivity index (χ3v) is 4.00. The molecule has 0 saturated heterocycles. The minimum Gasteiger partial charge on any atom is -0.343 e. The number of nitrogens with zero attached hydrogens (tertiary/aromatic N) is 3. The molecule has 6 nitrogen and oxygen atoms in total. The Bertz CT molecular complexity index is 1040. The molecule has 112 valence electrons. The van der Waals surface area contributed by atoms with Crippen LogP contribution in [0.25, 0.3) is 21.9 Å².